The molecule has 0 aliphatic carbocycles. The number of carbonyl (C=O) groups is 1. The molecular weight excluding hydrogens is 472 g/mol. The Morgan fingerprint density at radius 2 is 1.78 bits per heavy atom. The minimum atomic E-state index is -1.76. The Bertz CT molecular complexity index is 970. The minimum absolute atomic E-state index is 0.144. The van der Waals surface area contributed by atoms with Crippen LogP contribution in [-0.4, -0.2) is 46.6 Å². The molecule has 0 saturated carbocycles. The maximum Gasteiger partial charge on any atom is 0.306 e. The molecule has 2 aromatic carbocycles. The molecule has 7 heteroatoms. The van der Waals surface area contributed by atoms with Crippen molar-refractivity contribution in [2.75, 3.05) is 20.3 Å². The molecule has 3 rings (SSSR count). The third-order valence-corrected chi connectivity index (χ3v) is 8.76. The minimum Gasteiger partial charge on any atom is -0.497 e. The van der Waals surface area contributed by atoms with Crippen LogP contribution in [-0.2, 0) is 30.3 Å². The van der Waals surface area contributed by atoms with E-state index in [1.165, 1.54) is 0 Å². The van der Waals surface area contributed by atoms with Crippen LogP contribution in [0, 0.1) is 5.92 Å². The van der Waals surface area contributed by atoms with Crippen LogP contribution in [0.2, 0.25) is 19.6 Å². The summed E-state index contributed by atoms with van der Waals surface area (Å²) in [7, 11) is -0.110. The van der Waals surface area contributed by atoms with Crippen molar-refractivity contribution in [3.05, 3.63) is 77.5 Å². The molecule has 6 nitrogen and oxygen atoms in total. The Labute approximate surface area is 216 Å². The standard InChI is InChI=1S/C29H40O6Si/c1-7-33-28(30)18-26(21(2)36(4,5)6)27-17-25(34-29(35-27)23-11-9-8-10-12-23)20-32-19-22-13-15-24(31-3)16-14-22/h8-16,25-27,29H,2,7,17-20H2,1,3-6H3/t25-,26+,27+,29+/m0/s1. The van der Waals surface area contributed by atoms with E-state index in [1.807, 2.05) is 61.5 Å². The zero-order valence-electron chi connectivity index (χ0n) is 22.2. The predicted octanol–water partition coefficient (Wildman–Crippen LogP) is 6.09. The zero-order chi connectivity index (χ0) is 26.1. The van der Waals surface area contributed by atoms with Gasteiger partial charge in [0.15, 0.2) is 6.29 Å². The normalized spacial score (nSPS) is 21.0. The molecule has 0 N–H and O–H groups in total. The molecule has 4 atom stereocenters. The Morgan fingerprint density at radius 3 is 2.39 bits per heavy atom. The molecule has 0 spiro atoms. The first-order chi connectivity index (χ1) is 17.2. The molecule has 1 aliphatic rings. The Balaban J connectivity index is 1.77. The number of carbonyl (C=O) groups excluding carboxylic acids is 1. The SMILES string of the molecule is C=C([C@@H](CC(=O)OCC)[C@H]1C[C@@H](COCc2ccc(OC)cc2)O[C@@H](c2ccccc2)O1)[Si](C)(C)C. The lowest BCUT2D eigenvalue weighted by atomic mass is 9.92. The van der Waals surface area contributed by atoms with E-state index in [0.717, 1.165) is 22.1 Å². The molecule has 0 unspecified atom stereocenters. The molecule has 1 heterocycles. The third kappa shape index (κ3) is 8.03. The van der Waals surface area contributed by atoms with Gasteiger partial charge in [-0.2, -0.15) is 0 Å². The third-order valence-electron chi connectivity index (χ3n) is 6.46. The Morgan fingerprint density at radius 1 is 1.08 bits per heavy atom. The van der Waals surface area contributed by atoms with Crippen molar-refractivity contribution in [2.24, 2.45) is 5.92 Å². The van der Waals surface area contributed by atoms with Gasteiger partial charge in [-0.05, 0) is 24.6 Å². The summed E-state index contributed by atoms with van der Waals surface area (Å²) in [6.07, 6.45) is -0.102. The van der Waals surface area contributed by atoms with Crippen molar-refractivity contribution >= 4 is 14.0 Å². The molecule has 0 aromatic heterocycles. The summed E-state index contributed by atoms with van der Waals surface area (Å²) in [6.45, 7) is 14.3. The van der Waals surface area contributed by atoms with Crippen LogP contribution in [0.5, 0.6) is 5.75 Å². The number of rotatable bonds is 12. The van der Waals surface area contributed by atoms with E-state index in [1.54, 1.807) is 7.11 Å². The fraction of sp³-hybridized carbons (Fsp3) is 0.483. The largest absolute Gasteiger partial charge is 0.497 e. The number of methoxy groups -OCH3 is 1. The summed E-state index contributed by atoms with van der Waals surface area (Å²) in [5.74, 6) is 0.450. The summed E-state index contributed by atoms with van der Waals surface area (Å²) >= 11 is 0. The van der Waals surface area contributed by atoms with E-state index in [4.69, 9.17) is 23.7 Å². The zero-order valence-corrected chi connectivity index (χ0v) is 23.2. The predicted molar refractivity (Wildman–Crippen MR) is 143 cm³/mol. The van der Waals surface area contributed by atoms with Gasteiger partial charge in [-0.15, -0.1) is 6.58 Å². The quantitative estimate of drug-likeness (QED) is 0.253. The van der Waals surface area contributed by atoms with Crippen LogP contribution in [0.15, 0.2) is 66.4 Å². The Hall–Kier alpha value is -2.45. The first kappa shape index (κ1) is 28.1. The van der Waals surface area contributed by atoms with Crippen LogP contribution < -0.4 is 4.74 Å². The van der Waals surface area contributed by atoms with E-state index in [0.29, 0.717) is 26.2 Å². The Kier molecular flexibility index (Phi) is 10.3. The van der Waals surface area contributed by atoms with Gasteiger partial charge in [0, 0.05) is 17.9 Å². The van der Waals surface area contributed by atoms with E-state index < -0.39 is 14.4 Å². The van der Waals surface area contributed by atoms with Crippen LogP contribution in [0.25, 0.3) is 0 Å². The number of benzene rings is 2. The van der Waals surface area contributed by atoms with E-state index in [-0.39, 0.29) is 30.5 Å². The summed E-state index contributed by atoms with van der Waals surface area (Å²) in [6, 6.07) is 17.7. The van der Waals surface area contributed by atoms with Gasteiger partial charge < -0.3 is 23.7 Å². The lowest BCUT2D eigenvalue weighted by Gasteiger charge is -2.41. The summed E-state index contributed by atoms with van der Waals surface area (Å²) in [5, 5.41) is 1.10. The lowest BCUT2D eigenvalue weighted by Crippen LogP contribution is -2.44. The van der Waals surface area contributed by atoms with E-state index in [9.17, 15) is 4.79 Å². The highest BCUT2D eigenvalue weighted by molar-refractivity contribution is 6.83. The number of hydrogen-bond acceptors (Lipinski definition) is 6. The van der Waals surface area contributed by atoms with Crippen molar-refractivity contribution in [1.29, 1.82) is 0 Å². The van der Waals surface area contributed by atoms with E-state index >= 15 is 0 Å². The first-order valence-corrected chi connectivity index (χ1v) is 16.1. The second-order valence-electron chi connectivity index (χ2n) is 10.2. The average molecular weight is 513 g/mol. The van der Waals surface area contributed by atoms with Crippen molar-refractivity contribution in [2.45, 2.75) is 64.5 Å². The monoisotopic (exact) mass is 512 g/mol. The molecule has 0 radical (unpaired) electrons. The van der Waals surface area contributed by atoms with Crippen LogP contribution in [0.4, 0.5) is 0 Å². The summed E-state index contributed by atoms with van der Waals surface area (Å²) < 4.78 is 29.5. The van der Waals surface area contributed by atoms with Gasteiger partial charge in [0.1, 0.15) is 5.75 Å². The van der Waals surface area contributed by atoms with Gasteiger partial charge >= 0.3 is 5.97 Å². The van der Waals surface area contributed by atoms with Crippen LogP contribution >= 0.6 is 0 Å². The highest BCUT2D eigenvalue weighted by Gasteiger charge is 2.40. The number of esters is 1. The smallest absolute Gasteiger partial charge is 0.306 e. The molecule has 1 saturated heterocycles. The first-order valence-electron chi connectivity index (χ1n) is 12.6. The summed E-state index contributed by atoms with van der Waals surface area (Å²) in [5.41, 5.74) is 2.00. The molecule has 1 fully saturated rings. The highest BCUT2D eigenvalue weighted by atomic mass is 28.3. The van der Waals surface area contributed by atoms with Crippen molar-refractivity contribution in [1.82, 2.24) is 0 Å². The van der Waals surface area contributed by atoms with Gasteiger partial charge in [0.2, 0.25) is 0 Å². The summed E-state index contributed by atoms with van der Waals surface area (Å²) in [4.78, 5) is 12.6. The molecule has 2 aromatic rings. The van der Waals surface area contributed by atoms with Crippen LogP contribution in [0.3, 0.4) is 0 Å². The molecule has 196 valence electrons. The lowest BCUT2D eigenvalue weighted by molar-refractivity contribution is -0.264. The number of hydrogen-bond donors (Lipinski definition) is 0. The maximum absolute atomic E-state index is 12.6. The number of ether oxygens (including phenoxy) is 5. The second-order valence-corrected chi connectivity index (χ2v) is 15.3. The van der Waals surface area contributed by atoms with Crippen LogP contribution in [0.1, 0.15) is 37.2 Å². The second kappa shape index (κ2) is 13.2. The molecule has 0 amide bonds. The van der Waals surface area contributed by atoms with Crippen molar-refractivity contribution < 1.29 is 28.5 Å². The van der Waals surface area contributed by atoms with Crippen molar-refractivity contribution in [3.63, 3.8) is 0 Å². The molecule has 36 heavy (non-hydrogen) atoms. The maximum atomic E-state index is 12.6. The van der Waals surface area contributed by atoms with Gasteiger partial charge in [0.05, 0.1) is 53.6 Å². The molecule has 0 bridgehead atoms. The molecule has 1 aliphatic heterocycles. The fourth-order valence-electron chi connectivity index (χ4n) is 4.33. The highest BCUT2D eigenvalue weighted by Crippen LogP contribution is 2.38. The van der Waals surface area contributed by atoms with E-state index in [2.05, 4.69) is 26.2 Å². The average Bonchev–Trinajstić information content (AvgIpc) is 2.87. The van der Waals surface area contributed by atoms with Gasteiger partial charge in [-0.3, -0.25) is 4.79 Å². The van der Waals surface area contributed by atoms with Gasteiger partial charge in [-0.25, -0.2) is 0 Å². The fourth-order valence-corrected chi connectivity index (χ4v) is 5.73. The van der Waals surface area contributed by atoms with Gasteiger partial charge in [0.25, 0.3) is 0 Å². The topological polar surface area (TPSA) is 63.2 Å². The molecular formula is C29H40O6Si. The van der Waals surface area contributed by atoms with Crippen molar-refractivity contribution in [3.8, 4) is 5.75 Å². The van der Waals surface area contributed by atoms with Gasteiger partial charge in [-0.1, -0.05) is 67.3 Å².